The average molecular weight is 380 g/mol. The molecule has 4 rings (SSSR count). The van der Waals surface area contributed by atoms with Gasteiger partial charge in [0, 0.05) is 36.2 Å². The fourth-order valence-electron chi connectivity index (χ4n) is 3.49. The monoisotopic (exact) mass is 380 g/mol. The number of halogens is 1. The van der Waals surface area contributed by atoms with E-state index in [1.54, 1.807) is 22.9 Å². The Labute approximate surface area is 161 Å². The van der Waals surface area contributed by atoms with Gasteiger partial charge in [0.25, 0.3) is 11.5 Å². The number of amides is 1. The Bertz CT molecular complexity index is 1190. The molecule has 3 heterocycles. The highest BCUT2D eigenvalue weighted by molar-refractivity contribution is 6.35. The number of rotatable bonds is 4. The van der Waals surface area contributed by atoms with Gasteiger partial charge < -0.3 is 19.8 Å². The van der Waals surface area contributed by atoms with E-state index in [-0.39, 0.29) is 11.5 Å². The highest BCUT2D eigenvalue weighted by Gasteiger charge is 2.25. The number of benzene rings is 1. The SMILES string of the molecule is Cc1c(/C=C2\C(=O)Nc3ccc(F)cc32)[nH]c2ccn(CCN(C)C)c(=O)c12. The van der Waals surface area contributed by atoms with Crippen molar-refractivity contribution in [3.05, 3.63) is 63.5 Å². The van der Waals surface area contributed by atoms with E-state index in [1.807, 2.05) is 32.0 Å². The maximum Gasteiger partial charge on any atom is 0.260 e. The van der Waals surface area contributed by atoms with Gasteiger partial charge in [-0.05, 0) is 56.9 Å². The molecule has 6 nitrogen and oxygen atoms in total. The van der Waals surface area contributed by atoms with E-state index in [4.69, 9.17) is 0 Å². The third kappa shape index (κ3) is 3.03. The lowest BCUT2D eigenvalue weighted by atomic mass is 10.0. The van der Waals surface area contributed by atoms with Crippen LogP contribution in [0.4, 0.5) is 10.1 Å². The summed E-state index contributed by atoms with van der Waals surface area (Å²) in [4.78, 5) is 30.5. The highest BCUT2D eigenvalue weighted by Crippen LogP contribution is 2.34. The molecule has 0 saturated heterocycles. The van der Waals surface area contributed by atoms with Gasteiger partial charge in [-0.2, -0.15) is 0 Å². The van der Waals surface area contributed by atoms with E-state index in [0.717, 1.165) is 12.1 Å². The minimum atomic E-state index is -0.404. The maximum atomic E-state index is 13.7. The molecule has 0 bridgehead atoms. The van der Waals surface area contributed by atoms with E-state index in [9.17, 15) is 14.0 Å². The van der Waals surface area contributed by atoms with E-state index < -0.39 is 5.82 Å². The zero-order chi connectivity index (χ0) is 20.0. The van der Waals surface area contributed by atoms with Crippen molar-refractivity contribution in [1.29, 1.82) is 0 Å². The van der Waals surface area contributed by atoms with Crippen LogP contribution in [0.3, 0.4) is 0 Å². The van der Waals surface area contributed by atoms with Crippen LogP contribution in [0.5, 0.6) is 0 Å². The summed E-state index contributed by atoms with van der Waals surface area (Å²) in [6.45, 7) is 3.20. The number of hydrogen-bond acceptors (Lipinski definition) is 3. The van der Waals surface area contributed by atoms with Crippen LogP contribution in [-0.2, 0) is 11.3 Å². The van der Waals surface area contributed by atoms with Crippen molar-refractivity contribution < 1.29 is 9.18 Å². The van der Waals surface area contributed by atoms with E-state index in [1.165, 1.54) is 12.1 Å². The first kappa shape index (κ1) is 18.2. The zero-order valence-electron chi connectivity index (χ0n) is 16.0. The van der Waals surface area contributed by atoms with Crippen LogP contribution in [0.25, 0.3) is 22.6 Å². The van der Waals surface area contributed by atoms with Gasteiger partial charge in [-0.1, -0.05) is 0 Å². The second-order valence-corrected chi connectivity index (χ2v) is 7.27. The van der Waals surface area contributed by atoms with E-state index >= 15 is 0 Å². The van der Waals surface area contributed by atoms with Gasteiger partial charge in [0.15, 0.2) is 0 Å². The number of carbonyl (C=O) groups excluding carboxylic acids is 1. The smallest absolute Gasteiger partial charge is 0.260 e. The second-order valence-electron chi connectivity index (χ2n) is 7.27. The molecule has 0 radical (unpaired) electrons. The predicted octanol–water partition coefficient (Wildman–Crippen LogP) is 2.83. The summed E-state index contributed by atoms with van der Waals surface area (Å²) in [5.41, 5.74) is 3.55. The van der Waals surface area contributed by atoms with Crippen molar-refractivity contribution in [1.82, 2.24) is 14.5 Å². The Morgan fingerprint density at radius 2 is 2.00 bits per heavy atom. The first-order valence-corrected chi connectivity index (χ1v) is 9.04. The summed E-state index contributed by atoms with van der Waals surface area (Å²) in [5, 5.41) is 3.34. The maximum absolute atomic E-state index is 13.7. The Morgan fingerprint density at radius 1 is 1.21 bits per heavy atom. The zero-order valence-corrected chi connectivity index (χ0v) is 16.0. The molecule has 1 aliphatic heterocycles. The molecule has 2 aromatic heterocycles. The number of carbonyl (C=O) groups is 1. The lowest BCUT2D eigenvalue weighted by molar-refractivity contribution is -0.110. The van der Waals surface area contributed by atoms with Gasteiger partial charge in [0.1, 0.15) is 5.82 Å². The summed E-state index contributed by atoms with van der Waals surface area (Å²) in [7, 11) is 3.92. The molecule has 144 valence electrons. The quantitative estimate of drug-likeness (QED) is 0.684. The summed E-state index contributed by atoms with van der Waals surface area (Å²) >= 11 is 0. The molecule has 1 aromatic carbocycles. The first-order chi connectivity index (χ1) is 13.3. The molecular weight excluding hydrogens is 359 g/mol. The average Bonchev–Trinajstić information content (AvgIpc) is 3.12. The summed E-state index contributed by atoms with van der Waals surface area (Å²) in [6, 6.07) is 6.06. The number of H-pyrrole nitrogens is 1. The van der Waals surface area contributed by atoms with Gasteiger partial charge in [-0.25, -0.2) is 4.39 Å². The Hall–Kier alpha value is -3.19. The fraction of sp³-hybridized carbons (Fsp3) is 0.238. The van der Waals surface area contributed by atoms with Crippen molar-refractivity contribution in [2.75, 3.05) is 26.0 Å². The number of nitrogens with zero attached hydrogens (tertiary/aromatic N) is 2. The van der Waals surface area contributed by atoms with Crippen LogP contribution in [-0.4, -0.2) is 41.0 Å². The number of nitrogens with one attached hydrogen (secondary N) is 2. The van der Waals surface area contributed by atoms with Gasteiger partial charge >= 0.3 is 0 Å². The van der Waals surface area contributed by atoms with Crippen LogP contribution < -0.4 is 10.9 Å². The van der Waals surface area contributed by atoms with Crippen LogP contribution in [0.15, 0.2) is 35.3 Å². The predicted molar refractivity (Wildman–Crippen MR) is 109 cm³/mol. The molecule has 0 unspecified atom stereocenters. The fourth-order valence-corrected chi connectivity index (χ4v) is 3.49. The minimum Gasteiger partial charge on any atom is -0.355 e. The Kier molecular flexibility index (Phi) is 4.39. The number of anilines is 1. The number of pyridine rings is 1. The largest absolute Gasteiger partial charge is 0.355 e. The third-order valence-electron chi connectivity index (χ3n) is 5.05. The minimum absolute atomic E-state index is 0.0694. The summed E-state index contributed by atoms with van der Waals surface area (Å²) in [5.74, 6) is -0.694. The normalized spacial score (nSPS) is 14.9. The molecule has 7 heteroatoms. The van der Waals surface area contributed by atoms with Crippen molar-refractivity contribution in [3.8, 4) is 0 Å². The topological polar surface area (TPSA) is 70.1 Å². The lowest BCUT2D eigenvalue weighted by Gasteiger charge is -2.11. The highest BCUT2D eigenvalue weighted by atomic mass is 19.1. The van der Waals surface area contributed by atoms with Gasteiger partial charge in [0.05, 0.1) is 16.5 Å². The molecule has 0 aliphatic carbocycles. The van der Waals surface area contributed by atoms with Crippen molar-refractivity contribution >= 4 is 34.1 Å². The molecule has 3 aromatic rings. The standard InChI is InChI=1S/C21H21FN4O2/c1-12-18(11-15-14-10-13(22)4-5-16(14)24-20(15)27)23-17-6-7-26(9-8-25(2)3)21(28)19(12)17/h4-7,10-11,23H,8-9H2,1-3H3,(H,24,27)/b15-11-. The first-order valence-electron chi connectivity index (χ1n) is 9.04. The van der Waals surface area contributed by atoms with Crippen molar-refractivity contribution in [3.63, 3.8) is 0 Å². The number of aryl methyl sites for hydroxylation is 1. The molecule has 0 fully saturated rings. The third-order valence-corrected chi connectivity index (χ3v) is 5.05. The van der Waals surface area contributed by atoms with Gasteiger partial charge in [-0.3, -0.25) is 9.59 Å². The van der Waals surface area contributed by atoms with E-state index in [2.05, 4.69) is 10.3 Å². The van der Waals surface area contributed by atoms with Crippen LogP contribution in [0, 0.1) is 12.7 Å². The molecule has 28 heavy (non-hydrogen) atoms. The van der Waals surface area contributed by atoms with E-state index in [0.29, 0.717) is 40.0 Å². The molecule has 0 saturated carbocycles. The second kappa shape index (κ2) is 6.76. The lowest BCUT2D eigenvalue weighted by Crippen LogP contribution is -2.26. The molecule has 0 atom stereocenters. The number of aromatic nitrogens is 2. The van der Waals surface area contributed by atoms with Gasteiger partial charge in [-0.15, -0.1) is 0 Å². The summed E-state index contributed by atoms with van der Waals surface area (Å²) in [6.07, 6.45) is 3.45. The van der Waals surface area contributed by atoms with Crippen LogP contribution in [0.1, 0.15) is 16.8 Å². The molecular formula is C21H21FN4O2. The molecule has 0 spiro atoms. The molecule has 1 aliphatic rings. The summed E-state index contributed by atoms with van der Waals surface area (Å²) < 4.78 is 15.3. The number of aromatic amines is 1. The number of fused-ring (bicyclic) bond motifs is 2. The number of likely N-dealkylation sites (N-methyl/N-ethyl adjacent to an activating group) is 1. The van der Waals surface area contributed by atoms with Crippen LogP contribution >= 0.6 is 0 Å². The molecule has 2 N–H and O–H groups in total. The van der Waals surface area contributed by atoms with Crippen molar-refractivity contribution in [2.24, 2.45) is 0 Å². The van der Waals surface area contributed by atoms with Crippen molar-refractivity contribution in [2.45, 2.75) is 13.5 Å². The van der Waals surface area contributed by atoms with Crippen LogP contribution in [0.2, 0.25) is 0 Å². The Balaban J connectivity index is 1.81. The Morgan fingerprint density at radius 3 is 2.75 bits per heavy atom. The molecule has 1 amide bonds. The van der Waals surface area contributed by atoms with Gasteiger partial charge in [0.2, 0.25) is 0 Å². The number of hydrogen-bond donors (Lipinski definition) is 2.